The molecule has 5 nitrogen and oxygen atoms in total. The normalized spacial score (nSPS) is 15.5. The van der Waals surface area contributed by atoms with Gasteiger partial charge in [-0.25, -0.2) is 0 Å². The average molecular weight is 344 g/mol. The third kappa shape index (κ3) is 3.76. The fraction of sp³-hybridized carbons (Fsp3) is 0.444. The maximum atomic E-state index is 5.55. The first-order valence-electron chi connectivity index (χ1n) is 8.37. The largest absolute Gasteiger partial charge is 0.346 e. The van der Waals surface area contributed by atoms with Crippen LogP contribution in [0.15, 0.2) is 30.3 Å². The van der Waals surface area contributed by atoms with Gasteiger partial charge in [0.1, 0.15) is 0 Å². The maximum absolute atomic E-state index is 5.55. The minimum Gasteiger partial charge on any atom is -0.346 e. The van der Waals surface area contributed by atoms with Crippen LogP contribution in [0.3, 0.4) is 0 Å². The molecule has 1 aliphatic heterocycles. The number of hydrogen-bond acceptors (Lipinski definition) is 3. The quantitative estimate of drug-likeness (QED) is 0.867. The molecule has 1 aromatic carbocycles. The average Bonchev–Trinajstić information content (AvgIpc) is 2.83. The molecule has 24 heavy (non-hydrogen) atoms. The van der Waals surface area contributed by atoms with E-state index in [4.69, 9.17) is 12.2 Å². The van der Waals surface area contributed by atoms with Crippen molar-refractivity contribution < 1.29 is 0 Å². The van der Waals surface area contributed by atoms with Crippen molar-refractivity contribution in [2.75, 3.05) is 31.5 Å². The number of anilines is 1. The highest BCUT2D eigenvalue weighted by molar-refractivity contribution is 7.80. The van der Waals surface area contributed by atoms with Gasteiger partial charge in [0, 0.05) is 56.7 Å². The topological polar surface area (TPSA) is 36.3 Å². The van der Waals surface area contributed by atoms with E-state index in [-0.39, 0.29) is 0 Å². The number of piperazine rings is 1. The van der Waals surface area contributed by atoms with Crippen LogP contribution in [0, 0.1) is 13.8 Å². The molecule has 0 atom stereocenters. The third-order valence-corrected chi connectivity index (χ3v) is 5.09. The molecule has 0 radical (unpaired) electrons. The summed E-state index contributed by atoms with van der Waals surface area (Å²) in [7, 11) is 2.01. The molecule has 0 aliphatic carbocycles. The van der Waals surface area contributed by atoms with Gasteiger partial charge < -0.3 is 10.2 Å². The van der Waals surface area contributed by atoms with Crippen molar-refractivity contribution >= 4 is 23.0 Å². The molecule has 1 N–H and O–H groups in total. The van der Waals surface area contributed by atoms with E-state index in [1.807, 2.05) is 42.1 Å². The first kappa shape index (κ1) is 16.9. The molecule has 0 spiro atoms. The van der Waals surface area contributed by atoms with Crippen LogP contribution in [0.25, 0.3) is 0 Å². The fourth-order valence-electron chi connectivity index (χ4n) is 3.10. The second-order valence-electron chi connectivity index (χ2n) is 6.33. The highest BCUT2D eigenvalue weighted by Gasteiger charge is 2.21. The summed E-state index contributed by atoms with van der Waals surface area (Å²) in [5, 5.41) is 8.65. The van der Waals surface area contributed by atoms with E-state index in [0.717, 1.165) is 49.2 Å². The van der Waals surface area contributed by atoms with E-state index in [1.165, 1.54) is 11.3 Å². The number of hydrogen-bond donors (Lipinski definition) is 1. The van der Waals surface area contributed by atoms with Crippen LogP contribution in [0.4, 0.5) is 5.69 Å². The molecule has 2 heterocycles. The zero-order chi connectivity index (χ0) is 17.1. The van der Waals surface area contributed by atoms with E-state index >= 15 is 0 Å². The SMILES string of the molecule is Cc1nn(C)c(C)c1CN1CCN(C(=S)Nc2ccccc2)CC1. The predicted molar refractivity (Wildman–Crippen MR) is 102 cm³/mol. The van der Waals surface area contributed by atoms with Crippen molar-refractivity contribution in [3.05, 3.63) is 47.3 Å². The van der Waals surface area contributed by atoms with Gasteiger partial charge in [-0.2, -0.15) is 5.10 Å². The van der Waals surface area contributed by atoms with Gasteiger partial charge in [0.25, 0.3) is 0 Å². The Balaban J connectivity index is 1.53. The number of para-hydroxylation sites is 1. The smallest absolute Gasteiger partial charge is 0.173 e. The monoisotopic (exact) mass is 343 g/mol. The predicted octanol–water partition coefficient (Wildman–Crippen LogP) is 2.55. The Hall–Kier alpha value is -1.92. The van der Waals surface area contributed by atoms with E-state index in [0.29, 0.717) is 0 Å². The Morgan fingerprint density at radius 1 is 1.12 bits per heavy atom. The Labute approximate surface area is 149 Å². The van der Waals surface area contributed by atoms with Gasteiger partial charge in [0.15, 0.2) is 5.11 Å². The molecule has 0 bridgehead atoms. The van der Waals surface area contributed by atoms with Gasteiger partial charge in [-0.3, -0.25) is 9.58 Å². The van der Waals surface area contributed by atoms with E-state index in [2.05, 4.69) is 34.1 Å². The van der Waals surface area contributed by atoms with Gasteiger partial charge in [0.05, 0.1) is 5.69 Å². The fourth-order valence-corrected chi connectivity index (χ4v) is 3.40. The highest BCUT2D eigenvalue weighted by Crippen LogP contribution is 2.16. The summed E-state index contributed by atoms with van der Waals surface area (Å²) in [4.78, 5) is 4.74. The minimum absolute atomic E-state index is 0.814. The summed E-state index contributed by atoms with van der Waals surface area (Å²) in [5.74, 6) is 0. The molecular weight excluding hydrogens is 318 g/mol. The molecule has 2 aromatic rings. The van der Waals surface area contributed by atoms with Crippen molar-refractivity contribution in [3.63, 3.8) is 0 Å². The van der Waals surface area contributed by atoms with Crippen molar-refractivity contribution in [3.8, 4) is 0 Å². The molecule has 1 fully saturated rings. The van der Waals surface area contributed by atoms with E-state index in [9.17, 15) is 0 Å². The lowest BCUT2D eigenvalue weighted by Gasteiger charge is -2.36. The molecular formula is C18H25N5S. The summed E-state index contributed by atoms with van der Waals surface area (Å²) < 4.78 is 1.97. The van der Waals surface area contributed by atoms with Gasteiger partial charge in [0.2, 0.25) is 0 Å². The summed E-state index contributed by atoms with van der Waals surface area (Å²) in [6.45, 7) is 9.16. The van der Waals surface area contributed by atoms with E-state index in [1.54, 1.807) is 0 Å². The second kappa shape index (κ2) is 7.32. The van der Waals surface area contributed by atoms with Crippen molar-refractivity contribution in [1.29, 1.82) is 0 Å². The Bertz CT molecular complexity index is 702. The molecule has 1 aliphatic rings. The van der Waals surface area contributed by atoms with Crippen molar-refractivity contribution in [1.82, 2.24) is 19.6 Å². The lowest BCUT2D eigenvalue weighted by atomic mass is 10.1. The Morgan fingerprint density at radius 3 is 2.38 bits per heavy atom. The summed E-state index contributed by atoms with van der Waals surface area (Å²) >= 11 is 5.55. The number of thiocarbonyl (C=S) groups is 1. The number of benzene rings is 1. The van der Waals surface area contributed by atoms with Crippen LogP contribution >= 0.6 is 12.2 Å². The summed E-state index contributed by atoms with van der Waals surface area (Å²) in [6, 6.07) is 10.1. The molecule has 128 valence electrons. The van der Waals surface area contributed by atoms with Crippen LogP contribution in [-0.2, 0) is 13.6 Å². The minimum atomic E-state index is 0.814. The number of rotatable bonds is 3. The van der Waals surface area contributed by atoms with E-state index < -0.39 is 0 Å². The zero-order valence-corrected chi connectivity index (χ0v) is 15.4. The maximum Gasteiger partial charge on any atom is 0.173 e. The van der Waals surface area contributed by atoms with Crippen LogP contribution in [0.1, 0.15) is 17.0 Å². The van der Waals surface area contributed by atoms with Gasteiger partial charge in [-0.05, 0) is 38.2 Å². The molecule has 1 aromatic heterocycles. The first-order chi connectivity index (χ1) is 11.5. The lowest BCUT2D eigenvalue weighted by Crippen LogP contribution is -2.49. The summed E-state index contributed by atoms with van der Waals surface area (Å²) in [5.41, 5.74) is 4.80. The van der Waals surface area contributed by atoms with Gasteiger partial charge in [-0.1, -0.05) is 18.2 Å². The molecule has 6 heteroatoms. The standard InChI is InChI=1S/C18H25N5S/c1-14-17(15(2)21(3)20-14)13-22-9-11-23(12-10-22)18(24)19-16-7-5-4-6-8-16/h4-8H,9-13H2,1-3H3,(H,19,24). The Kier molecular flexibility index (Phi) is 5.16. The zero-order valence-electron chi connectivity index (χ0n) is 14.6. The number of nitrogens with zero attached hydrogens (tertiary/aromatic N) is 4. The van der Waals surface area contributed by atoms with Gasteiger partial charge in [-0.15, -0.1) is 0 Å². The molecule has 0 saturated carbocycles. The van der Waals surface area contributed by atoms with Crippen molar-refractivity contribution in [2.45, 2.75) is 20.4 Å². The second-order valence-corrected chi connectivity index (χ2v) is 6.72. The summed E-state index contributed by atoms with van der Waals surface area (Å²) in [6.07, 6.45) is 0. The van der Waals surface area contributed by atoms with Crippen LogP contribution in [0.2, 0.25) is 0 Å². The molecule has 0 unspecified atom stereocenters. The van der Waals surface area contributed by atoms with Crippen LogP contribution < -0.4 is 5.32 Å². The first-order valence-corrected chi connectivity index (χ1v) is 8.78. The molecule has 1 saturated heterocycles. The lowest BCUT2D eigenvalue weighted by molar-refractivity contribution is 0.176. The molecule has 0 amide bonds. The van der Waals surface area contributed by atoms with Crippen LogP contribution in [0.5, 0.6) is 0 Å². The van der Waals surface area contributed by atoms with Crippen LogP contribution in [-0.4, -0.2) is 50.9 Å². The highest BCUT2D eigenvalue weighted by atomic mass is 32.1. The number of aryl methyl sites for hydroxylation is 2. The number of aromatic nitrogens is 2. The molecule has 3 rings (SSSR count). The number of nitrogens with one attached hydrogen (secondary N) is 1. The third-order valence-electron chi connectivity index (χ3n) is 4.73. The van der Waals surface area contributed by atoms with Gasteiger partial charge >= 0.3 is 0 Å². The van der Waals surface area contributed by atoms with Crippen molar-refractivity contribution in [2.24, 2.45) is 7.05 Å². The Morgan fingerprint density at radius 2 is 1.79 bits per heavy atom.